The summed E-state index contributed by atoms with van der Waals surface area (Å²) in [4.78, 5) is 47.0. The van der Waals surface area contributed by atoms with E-state index >= 15 is 0 Å². The van der Waals surface area contributed by atoms with Crippen LogP contribution in [-0.2, 0) is 0 Å². The Morgan fingerprint density at radius 3 is 2.06 bits per heavy atom. The normalized spacial score (nSPS) is 10.9. The van der Waals surface area contributed by atoms with Gasteiger partial charge in [-0.25, -0.2) is 9.37 Å². The fourth-order valence-corrected chi connectivity index (χ4v) is 1.25. The Balaban J connectivity index is 3.30. The highest BCUT2D eigenvalue weighted by atomic mass is 19.2. The van der Waals surface area contributed by atoms with Crippen molar-refractivity contribution in [2.45, 2.75) is 0 Å². The van der Waals surface area contributed by atoms with Crippen LogP contribution in [-0.4, -0.2) is 4.98 Å². The van der Waals surface area contributed by atoms with Gasteiger partial charge in [-0.2, -0.15) is 4.39 Å². The minimum absolute atomic E-state index is 0.377. The number of hydrogen-bond acceptors (Lipinski definition) is 5. The summed E-state index contributed by atoms with van der Waals surface area (Å²) in [6.07, 6.45) is 0. The molecule has 1 heterocycles. The number of benzene rings is 1. The summed E-state index contributed by atoms with van der Waals surface area (Å²) < 4.78 is 25.4. The van der Waals surface area contributed by atoms with E-state index in [-0.39, 0.29) is 0 Å². The predicted molar refractivity (Wildman–Crippen MR) is 49.1 cm³/mol. The van der Waals surface area contributed by atoms with Crippen LogP contribution in [0.25, 0.3) is 10.9 Å². The maximum absolute atomic E-state index is 12.7. The molecule has 0 radical (unpaired) electrons. The monoisotopic (exact) mass is 225 g/mol. The molecule has 0 N–H and O–H groups in total. The van der Waals surface area contributed by atoms with Gasteiger partial charge >= 0.3 is 0 Å². The zero-order valence-corrected chi connectivity index (χ0v) is 7.41. The molecular weight excluding hydrogens is 224 g/mol. The summed E-state index contributed by atoms with van der Waals surface area (Å²) in [5, 5.41) is -0.687. The summed E-state index contributed by atoms with van der Waals surface area (Å²) in [6, 6.07) is 0.377. The van der Waals surface area contributed by atoms with Gasteiger partial charge in [-0.15, -0.1) is 0 Å². The van der Waals surface area contributed by atoms with Crippen molar-refractivity contribution < 1.29 is 8.78 Å². The van der Waals surface area contributed by atoms with Crippen molar-refractivity contribution >= 4 is 10.9 Å². The van der Waals surface area contributed by atoms with Gasteiger partial charge in [-0.1, -0.05) is 0 Å². The molecule has 2 aromatic rings. The Hall–Kier alpha value is -2.31. The maximum Gasteiger partial charge on any atom is 0.279 e. The molecule has 0 amide bonds. The van der Waals surface area contributed by atoms with Crippen molar-refractivity contribution in [3.63, 3.8) is 0 Å². The van der Waals surface area contributed by atoms with Gasteiger partial charge in [-0.3, -0.25) is 19.2 Å². The third-order valence-corrected chi connectivity index (χ3v) is 2.01. The van der Waals surface area contributed by atoms with Crippen molar-refractivity contribution in [3.8, 4) is 0 Å². The highest BCUT2D eigenvalue weighted by Crippen LogP contribution is 2.06. The molecule has 5 nitrogen and oxygen atoms in total. The number of hydrogen-bond donors (Lipinski definition) is 0. The minimum atomic E-state index is -1.61. The highest BCUT2D eigenvalue weighted by Gasteiger charge is 2.16. The van der Waals surface area contributed by atoms with Crippen LogP contribution < -0.4 is 21.7 Å². The average molecular weight is 225 g/mol. The minimum Gasteiger partial charge on any atom is -0.285 e. The Morgan fingerprint density at radius 1 is 0.875 bits per heavy atom. The van der Waals surface area contributed by atoms with E-state index < -0.39 is 44.4 Å². The van der Waals surface area contributed by atoms with E-state index in [1.165, 1.54) is 0 Å². The van der Waals surface area contributed by atoms with Gasteiger partial charge in [0.25, 0.3) is 16.3 Å². The van der Waals surface area contributed by atoms with Crippen LogP contribution in [0.15, 0.2) is 25.2 Å². The molecule has 0 saturated carbocycles. The van der Waals surface area contributed by atoms with E-state index in [9.17, 15) is 28.0 Å². The lowest BCUT2D eigenvalue weighted by molar-refractivity contribution is 0.483. The lowest BCUT2D eigenvalue weighted by Gasteiger charge is -1.94. The topological polar surface area (TPSA) is 81.2 Å². The summed E-state index contributed by atoms with van der Waals surface area (Å²) >= 11 is 0. The third kappa shape index (κ3) is 1.18. The Morgan fingerprint density at radius 2 is 1.44 bits per heavy atom. The molecule has 7 heteroatoms. The molecule has 0 aliphatic rings. The van der Waals surface area contributed by atoms with E-state index in [1.54, 1.807) is 0 Å². The fourth-order valence-electron chi connectivity index (χ4n) is 1.25. The average Bonchev–Trinajstić information content (AvgIpc) is 2.26. The van der Waals surface area contributed by atoms with Crippen molar-refractivity contribution in [2.24, 2.45) is 0 Å². The van der Waals surface area contributed by atoms with Crippen LogP contribution in [0.3, 0.4) is 0 Å². The molecule has 1 aromatic carbocycles. The van der Waals surface area contributed by atoms with Gasteiger partial charge in [0.15, 0.2) is 5.82 Å². The second-order valence-corrected chi connectivity index (χ2v) is 2.97. The summed E-state index contributed by atoms with van der Waals surface area (Å²) in [6.45, 7) is 0. The second-order valence-electron chi connectivity index (χ2n) is 2.97. The van der Waals surface area contributed by atoms with E-state index in [0.717, 1.165) is 0 Å². The number of halogens is 2. The van der Waals surface area contributed by atoms with E-state index in [0.29, 0.717) is 6.07 Å². The smallest absolute Gasteiger partial charge is 0.279 e. The van der Waals surface area contributed by atoms with E-state index in [1.807, 2.05) is 0 Å². The van der Waals surface area contributed by atoms with Crippen molar-refractivity contribution in [1.29, 1.82) is 0 Å². The zero-order valence-electron chi connectivity index (χ0n) is 7.41. The Bertz CT molecular complexity index is 737. The van der Waals surface area contributed by atoms with Gasteiger partial charge in [-0.05, 0) is 6.07 Å². The predicted octanol–water partition coefficient (Wildman–Crippen LogP) is -1.17. The lowest BCUT2D eigenvalue weighted by Crippen LogP contribution is -2.47. The molecule has 80 valence electrons. The molecule has 0 aliphatic carbocycles. The molecular formula is C9HF2NO4. The third-order valence-electron chi connectivity index (χ3n) is 2.01. The van der Waals surface area contributed by atoms with Crippen molar-refractivity contribution in [2.75, 3.05) is 0 Å². The van der Waals surface area contributed by atoms with Crippen LogP contribution in [0.4, 0.5) is 8.78 Å². The van der Waals surface area contributed by atoms with E-state index in [4.69, 9.17) is 0 Å². The molecule has 0 spiro atoms. The molecule has 0 unspecified atom stereocenters. The largest absolute Gasteiger partial charge is 0.285 e. The molecule has 2 rings (SSSR count). The van der Waals surface area contributed by atoms with Crippen molar-refractivity contribution in [1.82, 2.24) is 4.98 Å². The zero-order chi connectivity index (χ0) is 12.0. The number of rotatable bonds is 0. The summed E-state index contributed by atoms with van der Waals surface area (Å²) in [5.41, 5.74) is -6.74. The summed E-state index contributed by atoms with van der Waals surface area (Å²) in [7, 11) is 0. The van der Waals surface area contributed by atoms with Crippen LogP contribution >= 0.6 is 0 Å². The van der Waals surface area contributed by atoms with Gasteiger partial charge in [0.1, 0.15) is 5.52 Å². The van der Waals surface area contributed by atoms with Crippen molar-refractivity contribution in [3.05, 3.63) is 58.7 Å². The number of aromatic nitrogens is 1. The number of fused-ring (bicyclic) bond motifs is 1. The number of pyridine rings is 1. The molecule has 0 bridgehead atoms. The standard InChI is InChI=1S/C9HF2NO4/c10-3-1-2-4(12-9(3)11)6(14)8(16)7(15)5(2)13/h1H. The van der Waals surface area contributed by atoms with Gasteiger partial charge in [0.2, 0.25) is 11.4 Å². The quantitative estimate of drug-likeness (QED) is 0.416. The van der Waals surface area contributed by atoms with Gasteiger partial charge in [0, 0.05) is 0 Å². The summed E-state index contributed by atoms with van der Waals surface area (Å²) in [5.74, 6) is -3.08. The van der Waals surface area contributed by atoms with Crippen LogP contribution in [0.2, 0.25) is 0 Å². The SMILES string of the molecule is O=c1c(=O)c(=O)c2nc(F)c(F)cc2c1=O. The molecule has 0 fully saturated rings. The molecule has 0 saturated heterocycles. The van der Waals surface area contributed by atoms with Crippen LogP contribution in [0.5, 0.6) is 0 Å². The first-order valence-electron chi connectivity index (χ1n) is 3.97. The first-order chi connectivity index (χ1) is 7.43. The molecule has 1 aromatic heterocycles. The van der Waals surface area contributed by atoms with Gasteiger partial charge < -0.3 is 0 Å². The molecule has 16 heavy (non-hydrogen) atoms. The van der Waals surface area contributed by atoms with Gasteiger partial charge in [0.05, 0.1) is 5.39 Å². The Labute approximate surface area is 84.3 Å². The highest BCUT2D eigenvalue weighted by molar-refractivity contribution is 5.77. The Kier molecular flexibility index (Phi) is 1.97. The second kappa shape index (κ2) is 3.09. The maximum atomic E-state index is 12.7. The fraction of sp³-hybridized carbons (Fsp3) is 0. The van der Waals surface area contributed by atoms with E-state index in [2.05, 4.69) is 4.98 Å². The lowest BCUT2D eigenvalue weighted by atomic mass is 10.2. The van der Waals surface area contributed by atoms with Crippen LogP contribution in [0, 0.1) is 11.8 Å². The van der Waals surface area contributed by atoms with Crippen LogP contribution in [0.1, 0.15) is 0 Å². The molecule has 0 aliphatic heterocycles. The first-order valence-corrected chi connectivity index (χ1v) is 3.97. The molecule has 0 atom stereocenters. The first kappa shape index (κ1) is 10.2. The number of nitrogens with zero attached hydrogens (tertiary/aromatic N) is 1.